The number of para-hydroxylation sites is 1. The van der Waals surface area contributed by atoms with Gasteiger partial charge in [-0.25, -0.2) is 0 Å². The molecule has 0 radical (unpaired) electrons. The Balaban J connectivity index is 2.01. The van der Waals surface area contributed by atoms with E-state index in [0.717, 1.165) is 23.2 Å². The third-order valence-corrected chi connectivity index (χ3v) is 5.15. The first kappa shape index (κ1) is 19.1. The molecular formula is C20H23N5OS. The van der Waals surface area contributed by atoms with Crippen LogP contribution in [0.3, 0.4) is 0 Å². The molecule has 7 heteroatoms. The average molecular weight is 382 g/mol. The molecule has 1 N–H and O–H groups in total. The van der Waals surface area contributed by atoms with Crippen molar-refractivity contribution in [2.75, 3.05) is 6.54 Å². The molecule has 0 aliphatic rings. The lowest BCUT2D eigenvalue weighted by atomic mass is 10.2. The Bertz CT molecular complexity index is 910. The van der Waals surface area contributed by atoms with E-state index < -0.39 is 0 Å². The highest BCUT2D eigenvalue weighted by molar-refractivity contribution is 8.00. The Morgan fingerprint density at radius 2 is 2.04 bits per heavy atom. The topological polar surface area (TPSA) is 72.7 Å². The Kier molecular flexibility index (Phi) is 6.24. The van der Waals surface area contributed by atoms with Gasteiger partial charge in [-0.2, -0.15) is 0 Å². The molecule has 0 bridgehead atoms. The van der Waals surface area contributed by atoms with Gasteiger partial charge in [-0.05, 0) is 44.0 Å². The second kappa shape index (κ2) is 8.81. The lowest BCUT2D eigenvalue weighted by molar-refractivity contribution is -0.120. The molecule has 3 rings (SSSR count). The smallest absolute Gasteiger partial charge is 0.233 e. The van der Waals surface area contributed by atoms with Crippen molar-refractivity contribution in [3.63, 3.8) is 0 Å². The highest BCUT2D eigenvalue weighted by Crippen LogP contribution is 2.31. The van der Waals surface area contributed by atoms with Gasteiger partial charge in [0.05, 0.1) is 10.9 Å². The van der Waals surface area contributed by atoms with Crippen LogP contribution in [0.4, 0.5) is 0 Å². The predicted molar refractivity (Wildman–Crippen MR) is 108 cm³/mol. The third-order valence-electron chi connectivity index (χ3n) is 4.11. The fourth-order valence-electron chi connectivity index (χ4n) is 2.66. The molecule has 0 fully saturated rings. The minimum atomic E-state index is -0.273. The number of benzene rings is 1. The zero-order valence-corrected chi connectivity index (χ0v) is 16.5. The van der Waals surface area contributed by atoms with Crippen molar-refractivity contribution in [1.29, 1.82) is 0 Å². The van der Waals surface area contributed by atoms with E-state index in [1.54, 1.807) is 12.4 Å². The van der Waals surface area contributed by atoms with Gasteiger partial charge in [-0.3, -0.25) is 14.3 Å². The number of nitrogens with zero attached hydrogens (tertiary/aromatic N) is 4. The molecule has 140 valence electrons. The van der Waals surface area contributed by atoms with Crippen LogP contribution in [0.5, 0.6) is 0 Å². The standard InChI is InChI=1S/C20H23N5OS/c1-4-11-22-19(26)15(3)27-20-24-23-18(16-9-7-12-21-13-16)25(20)17-10-6-5-8-14(17)2/h5-10,12-13,15H,4,11H2,1-3H3,(H,22,26). The van der Waals surface area contributed by atoms with Crippen LogP contribution in [0.2, 0.25) is 0 Å². The maximum Gasteiger partial charge on any atom is 0.233 e. The molecule has 2 aromatic heterocycles. The summed E-state index contributed by atoms with van der Waals surface area (Å²) in [6.45, 7) is 6.65. The summed E-state index contributed by atoms with van der Waals surface area (Å²) >= 11 is 1.40. The van der Waals surface area contributed by atoms with E-state index in [4.69, 9.17) is 0 Å². The van der Waals surface area contributed by atoms with E-state index in [1.807, 2.05) is 61.7 Å². The van der Waals surface area contributed by atoms with Gasteiger partial charge in [0.25, 0.3) is 0 Å². The van der Waals surface area contributed by atoms with Crippen LogP contribution in [0.25, 0.3) is 17.1 Å². The van der Waals surface area contributed by atoms with E-state index >= 15 is 0 Å². The molecule has 1 aromatic carbocycles. The van der Waals surface area contributed by atoms with Gasteiger partial charge in [-0.15, -0.1) is 10.2 Å². The van der Waals surface area contributed by atoms with E-state index in [2.05, 4.69) is 20.5 Å². The van der Waals surface area contributed by atoms with E-state index in [0.29, 0.717) is 17.5 Å². The maximum atomic E-state index is 12.3. The van der Waals surface area contributed by atoms with Crippen molar-refractivity contribution in [2.24, 2.45) is 0 Å². The van der Waals surface area contributed by atoms with E-state index in [1.165, 1.54) is 11.8 Å². The number of carbonyl (C=O) groups excluding carboxylic acids is 1. The monoisotopic (exact) mass is 381 g/mol. The summed E-state index contributed by atoms with van der Waals surface area (Å²) in [6, 6.07) is 11.9. The van der Waals surface area contributed by atoms with Crippen LogP contribution >= 0.6 is 11.8 Å². The highest BCUT2D eigenvalue weighted by atomic mass is 32.2. The van der Waals surface area contributed by atoms with Gasteiger partial charge >= 0.3 is 0 Å². The molecule has 1 amide bonds. The fraction of sp³-hybridized carbons (Fsp3) is 0.300. The Morgan fingerprint density at radius 1 is 1.22 bits per heavy atom. The number of hydrogen-bond acceptors (Lipinski definition) is 5. The normalized spacial score (nSPS) is 12.0. The summed E-state index contributed by atoms with van der Waals surface area (Å²) in [4.78, 5) is 16.5. The Labute approximate surface area is 163 Å². The lowest BCUT2D eigenvalue weighted by Crippen LogP contribution is -2.31. The van der Waals surface area contributed by atoms with Crippen molar-refractivity contribution in [1.82, 2.24) is 25.1 Å². The Morgan fingerprint density at radius 3 is 2.74 bits per heavy atom. The quantitative estimate of drug-likeness (QED) is 0.633. The van der Waals surface area contributed by atoms with Crippen molar-refractivity contribution in [3.05, 3.63) is 54.4 Å². The minimum absolute atomic E-state index is 0.00381. The summed E-state index contributed by atoms with van der Waals surface area (Å²) in [5, 5.41) is 12.1. The number of nitrogens with one attached hydrogen (secondary N) is 1. The van der Waals surface area contributed by atoms with Crippen molar-refractivity contribution in [2.45, 2.75) is 37.6 Å². The van der Waals surface area contributed by atoms with Crippen LogP contribution in [0.15, 0.2) is 53.9 Å². The largest absolute Gasteiger partial charge is 0.355 e. The first-order valence-electron chi connectivity index (χ1n) is 8.98. The molecule has 6 nitrogen and oxygen atoms in total. The van der Waals surface area contributed by atoms with Crippen molar-refractivity contribution >= 4 is 17.7 Å². The van der Waals surface area contributed by atoms with Gasteiger partial charge in [0, 0.05) is 24.5 Å². The summed E-state index contributed by atoms with van der Waals surface area (Å²) < 4.78 is 2.00. The molecule has 27 heavy (non-hydrogen) atoms. The molecule has 0 aliphatic carbocycles. The second-order valence-electron chi connectivity index (χ2n) is 6.22. The van der Waals surface area contributed by atoms with Crippen LogP contribution < -0.4 is 5.32 Å². The second-order valence-corrected chi connectivity index (χ2v) is 7.53. The third kappa shape index (κ3) is 4.36. The van der Waals surface area contributed by atoms with Gasteiger partial charge in [0.15, 0.2) is 11.0 Å². The number of rotatable bonds is 7. The number of carbonyl (C=O) groups is 1. The molecule has 3 aromatic rings. The zero-order chi connectivity index (χ0) is 19.2. The molecule has 0 spiro atoms. The molecule has 0 saturated heterocycles. The first-order chi connectivity index (χ1) is 13.1. The molecule has 0 aliphatic heterocycles. The summed E-state index contributed by atoms with van der Waals surface area (Å²) in [6.07, 6.45) is 4.41. The SMILES string of the molecule is CCCNC(=O)C(C)Sc1nnc(-c2cccnc2)n1-c1ccccc1C. The van der Waals surface area contributed by atoms with Gasteiger partial charge in [0.1, 0.15) is 0 Å². The van der Waals surface area contributed by atoms with Gasteiger partial charge in [-0.1, -0.05) is 36.9 Å². The molecular weight excluding hydrogens is 358 g/mol. The predicted octanol–water partition coefficient (Wildman–Crippen LogP) is 3.64. The van der Waals surface area contributed by atoms with Gasteiger partial charge < -0.3 is 5.32 Å². The number of hydrogen-bond donors (Lipinski definition) is 1. The number of pyridine rings is 1. The fourth-order valence-corrected chi connectivity index (χ4v) is 3.55. The first-order valence-corrected chi connectivity index (χ1v) is 9.86. The number of aromatic nitrogens is 4. The number of amides is 1. The summed E-state index contributed by atoms with van der Waals surface area (Å²) in [5.41, 5.74) is 2.97. The summed E-state index contributed by atoms with van der Waals surface area (Å²) in [7, 11) is 0. The zero-order valence-electron chi connectivity index (χ0n) is 15.7. The molecule has 1 unspecified atom stereocenters. The lowest BCUT2D eigenvalue weighted by Gasteiger charge is -2.15. The van der Waals surface area contributed by atoms with Crippen LogP contribution in [0.1, 0.15) is 25.8 Å². The molecule has 1 atom stereocenters. The average Bonchev–Trinajstić information content (AvgIpc) is 3.10. The van der Waals surface area contributed by atoms with Gasteiger partial charge in [0.2, 0.25) is 5.91 Å². The highest BCUT2D eigenvalue weighted by Gasteiger charge is 2.22. The number of aryl methyl sites for hydroxylation is 1. The van der Waals surface area contributed by atoms with Crippen LogP contribution in [-0.2, 0) is 4.79 Å². The Hall–Kier alpha value is -2.67. The summed E-state index contributed by atoms with van der Waals surface area (Å²) in [5.74, 6) is 0.713. The van der Waals surface area contributed by atoms with Crippen molar-refractivity contribution < 1.29 is 4.79 Å². The number of thioether (sulfide) groups is 1. The molecule has 0 saturated carbocycles. The molecule has 2 heterocycles. The van der Waals surface area contributed by atoms with E-state index in [9.17, 15) is 4.79 Å². The van der Waals surface area contributed by atoms with Crippen LogP contribution in [-0.4, -0.2) is 37.5 Å². The van der Waals surface area contributed by atoms with Crippen molar-refractivity contribution in [3.8, 4) is 17.1 Å². The van der Waals surface area contributed by atoms with E-state index in [-0.39, 0.29) is 11.2 Å². The maximum absolute atomic E-state index is 12.3. The van der Waals surface area contributed by atoms with Crippen LogP contribution in [0, 0.1) is 6.92 Å². The minimum Gasteiger partial charge on any atom is -0.355 e.